The van der Waals surface area contributed by atoms with Crippen LogP contribution in [-0.2, 0) is 17.9 Å². The van der Waals surface area contributed by atoms with Gasteiger partial charge in [-0.15, -0.1) is 0 Å². The first kappa shape index (κ1) is 18.0. The number of pyridine rings is 2. The van der Waals surface area contributed by atoms with E-state index in [9.17, 15) is 4.79 Å². The van der Waals surface area contributed by atoms with Crippen molar-refractivity contribution in [2.45, 2.75) is 25.9 Å². The van der Waals surface area contributed by atoms with Crippen molar-refractivity contribution in [2.24, 2.45) is 5.41 Å². The van der Waals surface area contributed by atoms with Gasteiger partial charge >= 0.3 is 0 Å². The zero-order valence-electron chi connectivity index (χ0n) is 16.2. The zero-order chi connectivity index (χ0) is 19.7. The molecule has 0 N–H and O–H groups in total. The Labute approximate surface area is 169 Å². The Morgan fingerprint density at radius 1 is 1.03 bits per heavy atom. The van der Waals surface area contributed by atoms with Gasteiger partial charge in [0.1, 0.15) is 5.69 Å². The minimum absolute atomic E-state index is 0.261. The molecule has 0 bridgehead atoms. The predicted molar refractivity (Wildman–Crippen MR) is 106 cm³/mol. The monoisotopic (exact) mass is 389 g/mol. The van der Waals surface area contributed by atoms with Crippen molar-refractivity contribution in [3.63, 3.8) is 0 Å². The molecule has 3 aromatic heterocycles. The minimum Gasteiger partial charge on any atom is -0.359 e. The molecule has 1 unspecified atom stereocenters. The second-order valence-corrected chi connectivity index (χ2v) is 7.95. The van der Waals surface area contributed by atoms with Gasteiger partial charge in [-0.25, -0.2) is 0 Å². The van der Waals surface area contributed by atoms with Gasteiger partial charge in [-0.3, -0.25) is 19.7 Å². The summed E-state index contributed by atoms with van der Waals surface area (Å²) in [5, 5.41) is 4.18. The molecule has 5 heterocycles. The van der Waals surface area contributed by atoms with E-state index in [0.29, 0.717) is 13.1 Å². The van der Waals surface area contributed by atoms with Crippen LogP contribution in [0.15, 0.2) is 59.5 Å². The molecule has 0 aliphatic carbocycles. The lowest BCUT2D eigenvalue weighted by Crippen LogP contribution is -2.36. The minimum atomic E-state index is -0.261. The predicted octanol–water partition coefficient (Wildman–Crippen LogP) is 2.76. The first-order chi connectivity index (χ1) is 14.2. The first-order valence-electron chi connectivity index (χ1n) is 10.00. The van der Waals surface area contributed by atoms with Gasteiger partial charge in [0, 0.05) is 43.3 Å². The van der Waals surface area contributed by atoms with E-state index >= 15 is 0 Å². The van der Waals surface area contributed by atoms with Gasteiger partial charge < -0.3 is 9.42 Å². The number of rotatable bonds is 5. The fourth-order valence-electron chi connectivity index (χ4n) is 4.47. The maximum atomic E-state index is 13.2. The van der Waals surface area contributed by atoms with Crippen LogP contribution in [0.2, 0.25) is 0 Å². The third-order valence-corrected chi connectivity index (χ3v) is 6.03. The summed E-state index contributed by atoms with van der Waals surface area (Å²) < 4.78 is 5.54. The standard InChI is InChI=1S/C22H23N5O2/c28-21-22(7-12-27(21)14-18-3-1-2-8-24-18)6-11-26(16-22)15-19-13-20(25-29-19)17-4-9-23-10-5-17/h1-5,8-10,13H,6-7,11-12,14-16H2. The van der Waals surface area contributed by atoms with E-state index in [0.717, 1.165) is 55.2 Å². The van der Waals surface area contributed by atoms with Gasteiger partial charge in [0.2, 0.25) is 5.91 Å². The van der Waals surface area contributed by atoms with Crippen LogP contribution < -0.4 is 0 Å². The van der Waals surface area contributed by atoms with Crippen molar-refractivity contribution in [3.05, 3.63) is 66.4 Å². The van der Waals surface area contributed by atoms with Crippen molar-refractivity contribution in [1.29, 1.82) is 0 Å². The van der Waals surface area contributed by atoms with Crippen molar-refractivity contribution in [3.8, 4) is 11.3 Å². The van der Waals surface area contributed by atoms with E-state index in [1.165, 1.54) is 0 Å². The van der Waals surface area contributed by atoms with Crippen molar-refractivity contribution >= 4 is 5.91 Å². The van der Waals surface area contributed by atoms with Crippen molar-refractivity contribution in [1.82, 2.24) is 24.9 Å². The lowest BCUT2D eigenvalue weighted by molar-refractivity contribution is -0.136. The molecule has 29 heavy (non-hydrogen) atoms. The third-order valence-electron chi connectivity index (χ3n) is 6.03. The van der Waals surface area contributed by atoms with E-state index in [1.807, 2.05) is 41.3 Å². The Hall–Kier alpha value is -3.06. The van der Waals surface area contributed by atoms with Crippen LogP contribution in [0.4, 0.5) is 0 Å². The SMILES string of the molecule is O=C1N(Cc2ccccn2)CCC12CCN(Cc1cc(-c3ccncc3)no1)C2. The summed E-state index contributed by atoms with van der Waals surface area (Å²) in [6.45, 7) is 3.74. The lowest BCUT2D eigenvalue weighted by Gasteiger charge is -2.23. The molecule has 2 aliphatic rings. The van der Waals surface area contributed by atoms with Crippen LogP contribution in [0.5, 0.6) is 0 Å². The number of aromatic nitrogens is 3. The molecule has 2 fully saturated rings. The summed E-state index contributed by atoms with van der Waals surface area (Å²) in [6, 6.07) is 11.6. The molecule has 5 rings (SSSR count). The Morgan fingerprint density at radius 3 is 2.72 bits per heavy atom. The lowest BCUT2D eigenvalue weighted by atomic mass is 9.85. The van der Waals surface area contributed by atoms with Crippen LogP contribution in [0, 0.1) is 5.41 Å². The summed E-state index contributed by atoms with van der Waals surface area (Å²) in [5.74, 6) is 1.09. The summed E-state index contributed by atoms with van der Waals surface area (Å²) in [6.07, 6.45) is 7.08. The first-order valence-corrected chi connectivity index (χ1v) is 10.00. The van der Waals surface area contributed by atoms with Gasteiger partial charge in [0.05, 0.1) is 24.2 Å². The number of amides is 1. The Bertz CT molecular complexity index is 991. The zero-order valence-corrected chi connectivity index (χ0v) is 16.2. The van der Waals surface area contributed by atoms with E-state index < -0.39 is 0 Å². The molecule has 0 saturated carbocycles. The number of hydrogen-bond acceptors (Lipinski definition) is 6. The Kier molecular flexibility index (Phi) is 4.60. The van der Waals surface area contributed by atoms with Gasteiger partial charge in [0.25, 0.3) is 0 Å². The molecule has 0 aromatic carbocycles. The van der Waals surface area contributed by atoms with Crippen LogP contribution in [0.25, 0.3) is 11.3 Å². The van der Waals surface area contributed by atoms with Crippen molar-refractivity contribution < 1.29 is 9.32 Å². The van der Waals surface area contributed by atoms with Crippen molar-refractivity contribution in [2.75, 3.05) is 19.6 Å². The van der Waals surface area contributed by atoms with Gasteiger partial charge in [-0.2, -0.15) is 0 Å². The molecule has 1 amide bonds. The molecule has 7 nitrogen and oxygen atoms in total. The smallest absolute Gasteiger partial charge is 0.230 e. The van der Waals surface area contributed by atoms with E-state index in [4.69, 9.17) is 4.52 Å². The fraction of sp³-hybridized carbons (Fsp3) is 0.364. The largest absolute Gasteiger partial charge is 0.359 e. The fourth-order valence-corrected chi connectivity index (χ4v) is 4.47. The summed E-state index contributed by atoms with van der Waals surface area (Å²) >= 11 is 0. The average Bonchev–Trinajstić information content (AvgIpc) is 3.47. The highest BCUT2D eigenvalue weighted by molar-refractivity contribution is 5.85. The maximum absolute atomic E-state index is 13.2. The topological polar surface area (TPSA) is 75.4 Å². The molecule has 0 radical (unpaired) electrons. The van der Waals surface area contributed by atoms with Gasteiger partial charge in [-0.05, 0) is 43.7 Å². The number of hydrogen-bond donors (Lipinski definition) is 0. The molecule has 1 spiro atoms. The highest BCUT2D eigenvalue weighted by Gasteiger charge is 2.50. The highest BCUT2D eigenvalue weighted by Crippen LogP contribution is 2.41. The highest BCUT2D eigenvalue weighted by atomic mass is 16.5. The number of likely N-dealkylation sites (tertiary alicyclic amines) is 2. The molecule has 2 saturated heterocycles. The van der Waals surface area contributed by atoms with Crippen LogP contribution in [0.1, 0.15) is 24.3 Å². The summed E-state index contributed by atoms with van der Waals surface area (Å²) in [4.78, 5) is 25.8. The quantitative estimate of drug-likeness (QED) is 0.668. The van der Waals surface area contributed by atoms with Gasteiger partial charge in [-0.1, -0.05) is 11.2 Å². The van der Waals surface area contributed by atoms with E-state index in [2.05, 4.69) is 20.0 Å². The number of carbonyl (C=O) groups excluding carboxylic acids is 1. The maximum Gasteiger partial charge on any atom is 0.230 e. The molecule has 3 aromatic rings. The summed E-state index contributed by atoms with van der Waals surface area (Å²) in [7, 11) is 0. The van der Waals surface area contributed by atoms with Gasteiger partial charge in [0.15, 0.2) is 5.76 Å². The van der Waals surface area contributed by atoms with Crippen LogP contribution >= 0.6 is 0 Å². The molecular formula is C22H23N5O2. The van der Waals surface area contributed by atoms with E-state index in [-0.39, 0.29) is 11.3 Å². The second kappa shape index (κ2) is 7.40. The number of nitrogens with zero attached hydrogens (tertiary/aromatic N) is 5. The van der Waals surface area contributed by atoms with Crippen LogP contribution in [-0.4, -0.2) is 50.5 Å². The normalized spacial score (nSPS) is 22.1. The molecule has 2 aliphatic heterocycles. The third kappa shape index (κ3) is 3.53. The van der Waals surface area contributed by atoms with Crippen LogP contribution in [0.3, 0.4) is 0 Å². The Balaban J connectivity index is 1.22. The molecule has 7 heteroatoms. The number of carbonyl (C=O) groups is 1. The molecule has 1 atom stereocenters. The second-order valence-electron chi connectivity index (χ2n) is 7.95. The average molecular weight is 389 g/mol. The molecule has 148 valence electrons. The Morgan fingerprint density at radius 2 is 1.90 bits per heavy atom. The van der Waals surface area contributed by atoms with E-state index in [1.54, 1.807) is 18.6 Å². The summed E-state index contributed by atoms with van der Waals surface area (Å²) in [5.41, 5.74) is 2.49. The molecular weight excluding hydrogens is 366 g/mol.